The van der Waals surface area contributed by atoms with Gasteiger partial charge in [0.05, 0.1) is 13.0 Å². The van der Waals surface area contributed by atoms with Gasteiger partial charge in [-0.15, -0.1) is 0 Å². The molecule has 0 amide bonds. The van der Waals surface area contributed by atoms with Crippen molar-refractivity contribution < 1.29 is 19.0 Å². The van der Waals surface area contributed by atoms with Crippen LogP contribution in [0.5, 0.6) is 5.75 Å². The molecule has 1 aromatic carbocycles. The molecule has 82 valence electrons. The molecule has 1 N–H and O–H groups in total. The third kappa shape index (κ3) is 2.94. The highest BCUT2D eigenvalue weighted by atomic mass is 19.1. The Labute approximate surface area is 87.5 Å². The summed E-state index contributed by atoms with van der Waals surface area (Å²) < 4.78 is 18.0. The van der Waals surface area contributed by atoms with Gasteiger partial charge in [-0.3, -0.25) is 4.79 Å². The Morgan fingerprint density at radius 3 is 2.73 bits per heavy atom. The molecule has 0 unspecified atom stereocenters. The van der Waals surface area contributed by atoms with Crippen LogP contribution in [0, 0.1) is 11.7 Å². The minimum absolute atomic E-state index is 0.168. The van der Waals surface area contributed by atoms with Gasteiger partial charge in [-0.05, 0) is 24.1 Å². The second-order valence-corrected chi connectivity index (χ2v) is 3.41. The Kier molecular flexibility index (Phi) is 3.66. The van der Waals surface area contributed by atoms with Gasteiger partial charge in [0.25, 0.3) is 0 Å². The van der Waals surface area contributed by atoms with Crippen molar-refractivity contribution in [1.29, 1.82) is 0 Å². The van der Waals surface area contributed by atoms with E-state index in [9.17, 15) is 9.18 Å². The summed E-state index contributed by atoms with van der Waals surface area (Å²) in [5.74, 6) is -1.70. The van der Waals surface area contributed by atoms with Crippen LogP contribution in [0.4, 0.5) is 4.39 Å². The molecule has 0 aliphatic heterocycles. The van der Waals surface area contributed by atoms with Crippen molar-refractivity contribution in [2.75, 3.05) is 7.11 Å². The lowest BCUT2D eigenvalue weighted by Crippen LogP contribution is -2.12. The molecule has 0 fully saturated rings. The molecule has 0 spiro atoms. The first-order valence-electron chi connectivity index (χ1n) is 4.59. The summed E-state index contributed by atoms with van der Waals surface area (Å²) in [4.78, 5) is 10.6. The predicted octanol–water partition coefficient (Wildman–Crippen LogP) is 2.10. The number of rotatable bonds is 4. The fourth-order valence-corrected chi connectivity index (χ4v) is 1.28. The maximum absolute atomic E-state index is 13.2. The number of carbonyl (C=O) groups is 1. The van der Waals surface area contributed by atoms with Crippen molar-refractivity contribution in [2.24, 2.45) is 5.92 Å². The van der Waals surface area contributed by atoms with Crippen molar-refractivity contribution >= 4 is 5.97 Å². The predicted molar refractivity (Wildman–Crippen MR) is 53.5 cm³/mol. The fourth-order valence-electron chi connectivity index (χ4n) is 1.28. The average Bonchev–Trinajstić information content (AvgIpc) is 2.18. The molecule has 0 saturated carbocycles. The summed E-state index contributed by atoms with van der Waals surface area (Å²) >= 11 is 0. The van der Waals surface area contributed by atoms with Crippen molar-refractivity contribution in [1.82, 2.24) is 0 Å². The molecule has 0 radical (unpaired) electrons. The smallest absolute Gasteiger partial charge is 0.306 e. The normalized spacial score (nSPS) is 12.2. The zero-order chi connectivity index (χ0) is 11.4. The van der Waals surface area contributed by atoms with Crippen LogP contribution < -0.4 is 4.74 Å². The zero-order valence-electron chi connectivity index (χ0n) is 8.66. The maximum atomic E-state index is 13.2. The summed E-state index contributed by atoms with van der Waals surface area (Å²) in [6, 6.07) is 4.47. The molecule has 0 aromatic heterocycles. The summed E-state index contributed by atoms with van der Waals surface area (Å²) in [5, 5.41) is 8.69. The van der Waals surface area contributed by atoms with Crippen LogP contribution in [0.2, 0.25) is 0 Å². The highest BCUT2D eigenvalue weighted by Gasteiger charge is 2.12. The Morgan fingerprint density at radius 1 is 1.60 bits per heavy atom. The van der Waals surface area contributed by atoms with Crippen LogP contribution in [-0.2, 0) is 11.2 Å². The number of carboxylic acid groups (broad SMARTS) is 1. The minimum atomic E-state index is -0.883. The topological polar surface area (TPSA) is 46.5 Å². The Hall–Kier alpha value is -1.58. The summed E-state index contributed by atoms with van der Waals surface area (Å²) in [6.45, 7) is 1.59. The van der Waals surface area contributed by atoms with Crippen molar-refractivity contribution in [2.45, 2.75) is 13.3 Å². The van der Waals surface area contributed by atoms with Gasteiger partial charge in [-0.25, -0.2) is 4.39 Å². The van der Waals surface area contributed by atoms with E-state index in [2.05, 4.69) is 0 Å². The minimum Gasteiger partial charge on any atom is -0.494 e. The Bertz CT molecular complexity index is 363. The largest absolute Gasteiger partial charge is 0.494 e. The van der Waals surface area contributed by atoms with Gasteiger partial charge in [-0.1, -0.05) is 13.0 Å². The first-order valence-corrected chi connectivity index (χ1v) is 4.59. The quantitative estimate of drug-likeness (QED) is 0.831. The highest BCUT2D eigenvalue weighted by molar-refractivity contribution is 5.69. The van der Waals surface area contributed by atoms with Gasteiger partial charge in [-0.2, -0.15) is 0 Å². The SMILES string of the molecule is COc1ccc(C[C@@H](C)C(=O)O)cc1F. The van der Waals surface area contributed by atoms with E-state index in [1.807, 2.05) is 0 Å². The van der Waals surface area contributed by atoms with Gasteiger partial charge in [0, 0.05) is 0 Å². The molecule has 15 heavy (non-hydrogen) atoms. The van der Waals surface area contributed by atoms with E-state index in [1.54, 1.807) is 13.0 Å². The molecular formula is C11H13FO3. The maximum Gasteiger partial charge on any atom is 0.306 e. The zero-order valence-corrected chi connectivity index (χ0v) is 8.66. The number of hydrogen-bond acceptors (Lipinski definition) is 2. The van der Waals surface area contributed by atoms with E-state index in [4.69, 9.17) is 9.84 Å². The lowest BCUT2D eigenvalue weighted by Gasteiger charge is -2.07. The number of hydrogen-bond donors (Lipinski definition) is 1. The number of halogens is 1. The monoisotopic (exact) mass is 212 g/mol. The van der Waals surface area contributed by atoms with Crippen LogP contribution in [0.15, 0.2) is 18.2 Å². The Morgan fingerprint density at radius 2 is 2.27 bits per heavy atom. The molecule has 1 atom stereocenters. The molecule has 0 aliphatic rings. The molecule has 1 rings (SSSR count). The van der Waals surface area contributed by atoms with Crippen molar-refractivity contribution in [3.8, 4) is 5.75 Å². The van der Waals surface area contributed by atoms with Gasteiger partial charge >= 0.3 is 5.97 Å². The molecule has 1 aromatic rings. The molecule has 0 bridgehead atoms. The first-order chi connectivity index (χ1) is 7.04. The first kappa shape index (κ1) is 11.5. The van der Waals surface area contributed by atoms with Crippen LogP contribution in [0.3, 0.4) is 0 Å². The van der Waals surface area contributed by atoms with Crippen LogP contribution in [0.1, 0.15) is 12.5 Å². The van der Waals surface area contributed by atoms with Gasteiger partial charge in [0.15, 0.2) is 11.6 Å². The van der Waals surface area contributed by atoms with Crippen molar-refractivity contribution in [3.63, 3.8) is 0 Å². The Balaban J connectivity index is 2.79. The van der Waals surface area contributed by atoms with Crippen LogP contribution in [-0.4, -0.2) is 18.2 Å². The molecule has 0 saturated heterocycles. The van der Waals surface area contributed by atoms with Gasteiger partial charge in [0.2, 0.25) is 0 Å². The van der Waals surface area contributed by atoms with Gasteiger partial charge in [0.1, 0.15) is 0 Å². The number of ether oxygens (including phenoxy) is 1. The number of benzene rings is 1. The van der Waals surface area contributed by atoms with Gasteiger partial charge < -0.3 is 9.84 Å². The molecule has 0 aliphatic carbocycles. The third-order valence-corrected chi connectivity index (χ3v) is 2.18. The van der Waals surface area contributed by atoms with E-state index in [-0.39, 0.29) is 5.75 Å². The number of methoxy groups -OCH3 is 1. The lowest BCUT2D eigenvalue weighted by atomic mass is 10.0. The van der Waals surface area contributed by atoms with E-state index >= 15 is 0 Å². The lowest BCUT2D eigenvalue weighted by molar-refractivity contribution is -0.141. The second-order valence-electron chi connectivity index (χ2n) is 3.41. The standard InChI is InChI=1S/C11H13FO3/c1-7(11(13)14)5-8-3-4-10(15-2)9(12)6-8/h3-4,6-7H,5H2,1-2H3,(H,13,14)/t7-/m1/s1. The van der Waals surface area contributed by atoms with Crippen molar-refractivity contribution in [3.05, 3.63) is 29.6 Å². The number of carboxylic acids is 1. The summed E-state index contributed by atoms with van der Waals surface area (Å²) in [5.41, 5.74) is 0.656. The van der Waals surface area contributed by atoms with Crippen LogP contribution >= 0.6 is 0 Å². The summed E-state index contributed by atoms with van der Waals surface area (Å²) in [6.07, 6.45) is 0.316. The molecule has 4 heteroatoms. The highest BCUT2D eigenvalue weighted by Crippen LogP contribution is 2.19. The van der Waals surface area contributed by atoms with E-state index in [0.717, 1.165) is 0 Å². The summed E-state index contributed by atoms with van der Waals surface area (Å²) in [7, 11) is 1.39. The third-order valence-electron chi connectivity index (χ3n) is 2.18. The van der Waals surface area contributed by atoms with E-state index in [1.165, 1.54) is 19.2 Å². The molecular weight excluding hydrogens is 199 g/mol. The van der Waals surface area contributed by atoms with Crippen LogP contribution in [0.25, 0.3) is 0 Å². The number of aliphatic carboxylic acids is 1. The van der Waals surface area contributed by atoms with E-state index < -0.39 is 17.7 Å². The average molecular weight is 212 g/mol. The molecule has 3 nitrogen and oxygen atoms in total. The fraction of sp³-hybridized carbons (Fsp3) is 0.364. The van der Waals surface area contributed by atoms with E-state index in [0.29, 0.717) is 12.0 Å². The molecule has 0 heterocycles. The second kappa shape index (κ2) is 4.77.